The molecule has 1 N–H and O–H groups in total. The van der Waals surface area contributed by atoms with E-state index in [1.54, 1.807) is 25.1 Å². The van der Waals surface area contributed by atoms with Crippen LogP contribution in [0.25, 0.3) is 0 Å². The third kappa shape index (κ3) is 4.56. The maximum absolute atomic E-state index is 12.6. The second kappa shape index (κ2) is 8.37. The minimum absolute atomic E-state index is 0.0603. The molecule has 2 amide bonds. The van der Waals surface area contributed by atoms with Crippen LogP contribution in [0.15, 0.2) is 24.3 Å². The molecule has 27 heavy (non-hydrogen) atoms. The molecule has 2 aliphatic heterocycles. The molecule has 2 saturated heterocycles. The fourth-order valence-corrected chi connectivity index (χ4v) is 3.93. The third-order valence-electron chi connectivity index (χ3n) is 5.57. The van der Waals surface area contributed by atoms with Crippen LogP contribution in [0.5, 0.6) is 0 Å². The van der Waals surface area contributed by atoms with Gasteiger partial charge in [0.05, 0.1) is 4.92 Å². The van der Waals surface area contributed by atoms with Gasteiger partial charge in [0.2, 0.25) is 11.8 Å². The molecule has 1 aromatic carbocycles. The van der Waals surface area contributed by atoms with Gasteiger partial charge in [-0.05, 0) is 31.7 Å². The van der Waals surface area contributed by atoms with E-state index in [0.29, 0.717) is 44.7 Å². The largest absolute Gasteiger partial charge is 0.366 e. The fourth-order valence-electron chi connectivity index (χ4n) is 3.93. The lowest BCUT2D eigenvalue weighted by Gasteiger charge is -2.35. The topological polar surface area (TPSA) is 95.8 Å². The first kappa shape index (κ1) is 19.1. The summed E-state index contributed by atoms with van der Waals surface area (Å²) in [5.41, 5.74) is 0.732. The van der Waals surface area contributed by atoms with Gasteiger partial charge < -0.3 is 15.1 Å². The number of rotatable bonds is 4. The quantitative estimate of drug-likeness (QED) is 0.642. The minimum Gasteiger partial charge on any atom is -0.366 e. The first-order valence-electron chi connectivity index (χ1n) is 9.50. The molecule has 0 aromatic heterocycles. The summed E-state index contributed by atoms with van der Waals surface area (Å²) in [7, 11) is 0. The van der Waals surface area contributed by atoms with Crippen molar-refractivity contribution in [2.75, 3.05) is 31.1 Å². The van der Waals surface area contributed by atoms with Crippen molar-refractivity contribution in [3.05, 3.63) is 34.4 Å². The molecule has 3 rings (SSSR count). The van der Waals surface area contributed by atoms with Crippen LogP contribution < -0.4 is 10.2 Å². The van der Waals surface area contributed by atoms with Crippen LogP contribution in [0.1, 0.15) is 32.6 Å². The van der Waals surface area contributed by atoms with Gasteiger partial charge >= 0.3 is 0 Å². The van der Waals surface area contributed by atoms with Crippen molar-refractivity contribution in [2.45, 2.75) is 38.6 Å². The summed E-state index contributed by atoms with van der Waals surface area (Å²) in [6, 6.07) is 6.87. The summed E-state index contributed by atoms with van der Waals surface area (Å²) in [5, 5.41) is 14.3. The van der Waals surface area contributed by atoms with Gasteiger partial charge in [-0.1, -0.05) is 12.1 Å². The fraction of sp³-hybridized carbons (Fsp3) is 0.579. The van der Waals surface area contributed by atoms with Crippen molar-refractivity contribution in [3.8, 4) is 0 Å². The maximum Gasteiger partial charge on any atom is 0.292 e. The molecular weight excluding hydrogens is 348 g/mol. The number of carbonyl (C=O) groups excluding carboxylic acids is 2. The normalized spacial score (nSPS) is 19.0. The van der Waals surface area contributed by atoms with Gasteiger partial charge in [-0.2, -0.15) is 0 Å². The molecule has 2 fully saturated rings. The van der Waals surface area contributed by atoms with Crippen LogP contribution in [0.2, 0.25) is 0 Å². The molecule has 2 aliphatic rings. The Hall–Kier alpha value is -2.64. The van der Waals surface area contributed by atoms with Gasteiger partial charge in [0.15, 0.2) is 0 Å². The lowest BCUT2D eigenvalue weighted by atomic mass is 9.94. The number of nitro groups is 1. The van der Waals surface area contributed by atoms with E-state index >= 15 is 0 Å². The number of hydrogen-bond acceptors (Lipinski definition) is 5. The highest BCUT2D eigenvalue weighted by Crippen LogP contribution is 2.31. The summed E-state index contributed by atoms with van der Waals surface area (Å²) in [6.07, 6.45) is 2.95. The van der Waals surface area contributed by atoms with Crippen molar-refractivity contribution in [3.63, 3.8) is 0 Å². The number of hydrogen-bond donors (Lipinski definition) is 1. The first-order chi connectivity index (χ1) is 13.0. The number of carbonyl (C=O) groups is 2. The molecule has 0 atom stereocenters. The van der Waals surface area contributed by atoms with Crippen molar-refractivity contribution >= 4 is 23.2 Å². The van der Waals surface area contributed by atoms with E-state index in [1.807, 2.05) is 9.80 Å². The van der Waals surface area contributed by atoms with Gasteiger partial charge in [0.25, 0.3) is 5.69 Å². The van der Waals surface area contributed by atoms with E-state index in [-0.39, 0.29) is 34.4 Å². The second-order valence-corrected chi connectivity index (χ2v) is 7.30. The zero-order valence-corrected chi connectivity index (χ0v) is 15.6. The predicted octanol–water partition coefficient (Wildman–Crippen LogP) is 1.94. The van der Waals surface area contributed by atoms with Crippen LogP contribution in [-0.2, 0) is 9.59 Å². The van der Waals surface area contributed by atoms with Gasteiger partial charge in [0.1, 0.15) is 5.69 Å². The van der Waals surface area contributed by atoms with Crippen LogP contribution in [0.4, 0.5) is 11.4 Å². The van der Waals surface area contributed by atoms with Gasteiger partial charge in [0, 0.05) is 51.1 Å². The molecule has 8 nitrogen and oxygen atoms in total. The molecule has 0 spiro atoms. The van der Waals surface area contributed by atoms with Crippen molar-refractivity contribution < 1.29 is 14.5 Å². The smallest absolute Gasteiger partial charge is 0.292 e. The zero-order valence-electron chi connectivity index (χ0n) is 15.6. The Labute approximate surface area is 158 Å². The highest BCUT2D eigenvalue weighted by molar-refractivity contribution is 5.79. The second-order valence-electron chi connectivity index (χ2n) is 7.30. The number of para-hydroxylation sites is 2. The maximum atomic E-state index is 12.6. The van der Waals surface area contributed by atoms with E-state index in [4.69, 9.17) is 0 Å². The summed E-state index contributed by atoms with van der Waals surface area (Å²) in [4.78, 5) is 38.6. The zero-order chi connectivity index (χ0) is 19.4. The Balaban J connectivity index is 1.50. The number of nitro benzene ring substituents is 1. The number of nitrogens with one attached hydrogen (secondary N) is 1. The molecule has 0 unspecified atom stereocenters. The molecule has 0 saturated carbocycles. The van der Waals surface area contributed by atoms with E-state index in [1.165, 1.54) is 6.07 Å². The summed E-state index contributed by atoms with van der Waals surface area (Å²) >= 11 is 0. The van der Waals surface area contributed by atoms with Crippen LogP contribution in [0, 0.1) is 16.0 Å². The number of piperidine rings is 2. The van der Waals surface area contributed by atoms with E-state index in [9.17, 15) is 19.7 Å². The van der Waals surface area contributed by atoms with Gasteiger partial charge in [-0.15, -0.1) is 0 Å². The lowest BCUT2D eigenvalue weighted by Crippen LogP contribution is -2.48. The first-order valence-corrected chi connectivity index (χ1v) is 9.50. The molecule has 1 aromatic rings. The Morgan fingerprint density at radius 3 is 2.30 bits per heavy atom. The molecule has 0 aliphatic carbocycles. The van der Waals surface area contributed by atoms with Crippen molar-refractivity contribution in [1.82, 2.24) is 10.2 Å². The monoisotopic (exact) mass is 374 g/mol. The summed E-state index contributed by atoms with van der Waals surface area (Å²) < 4.78 is 0. The molecule has 8 heteroatoms. The van der Waals surface area contributed by atoms with E-state index in [0.717, 1.165) is 12.8 Å². The van der Waals surface area contributed by atoms with Gasteiger partial charge in [-0.25, -0.2) is 0 Å². The van der Waals surface area contributed by atoms with Gasteiger partial charge in [-0.3, -0.25) is 19.7 Å². The van der Waals surface area contributed by atoms with Crippen molar-refractivity contribution in [2.24, 2.45) is 5.92 Å². The minimum atomic E-state index is -0.360. The molecular formula is C19H26N4O4. The molecule has 146 valence electrons. The summed E-state index contributed by atoms with van der Waals surface area (Å²) in [5.74, 6) is 0.0931. The molecule has 0 radical (unpaired) electrons. The number of nitrogens with zero attached hydrogens (tertiary/aromatic N) is 3. The van der Waals surface area contributed by atoms with E-state index < -0.39 is 0 Å². The molecule has 0 bridgehead atoms. The number of amides is 2. The molecule has 2 heterocycles. The third-order valence-corrected chi connectivity index (χ3v) is 5.57. The number of anilines is 1. The Morgan fingerprint density at radius 1 is 1.07 bits per heavy atom. The lowest BCUT2D eigenvalue weighted by molar-refractivity contribution is -0.384. The Bertz CT molecular complexity index is 707. The Morgan fingerprint density at radius 2 is 1.70 bits per heavy atom. The highest BCUT2D eigenvalue weighted by atomic mass is 16.6. The summed E-state index contributed by atoms with van der Waals surface area (Å²) in [6.45, 7) is 4.22. The predicted molar refractivity (Wildman–Crippen MR) is 101 cm³/mol. The van der Waals surface area contributed by atoms with Crippen LogP contribution in [0.3, 0.4) is 0 Å². The van der Waals surface area contributed by atoms with Crippen LogP contribution in [-0.4, -0.2) is 53.9 Å². The average molecular weight is 374 g/mol. The van der Waals surface area contributed by atoms with Crippen LogP contribution >= 0.6 is 0 Å². The SMILES string of the molecule is CC(=O)N1CCC(NC(=O)C2CCN(c3ccccc3[N+](=O)[O-])CC2)CC1. The average Bonchev–Trinajstić information content (AvgIpc) is 2.68. The number of likely N-dealkylation sites (tertiary alicyclic amines) is 1. The number of benzene rings is 1. The Kier molecular flexibility index (Phi) is 5.93. The highest BCUT2D eigenvalue weighted by Gasteiger charge is 2.30. The van der Waals surface area contributed by atoms with E-state index in [2.05, 4.69) is 5.32 Å². The standard InChI is InChI=1S/C19H26N4O4/c1-14(24)21-12-8-16(9-13-21)20-19(25)15-6-10-22(11-7-15)17-4-2-3-5-18(17)23(26)27/h2-5,15-16H,6-13H2,1H3,(H,20,25). The van der Waals surface area contributed by atoms with Crippen molar-refractivity contribution in [1.29, 1.82) is 0 Å².